The van der Waals surface area contributed by atoms with Crippen molar-refractivity contribution in [3.63, 3.8) is 0 Å². The molecule has 0 aliphatic carbocycles. The maximum atomic E-state index is 5.74. The molecule has 7 nitrogen and oxygen atoms in total. The highest BCUT2D eigenvalue weighted by Crippen LogP contribution is 2.32. The number of nitrogens with zero attached hydrogens (tertiary/aromatic N) is 1. The smallest absolute Gasteiger partial charge is 0.196 e. The van der Waals surface area contributed by atoms with E-state index in [0.29, 0.717) is 45.5 Å². The molecule has 3 rings (SSSR count). The van der Waals surface area contributed by atoms with Crippen molar-refractivity contribution in [3.8, 4) is 23.8 Å². The van der Waals surface area contributed by atoms with Gasteiger partial charge in [0.05, 0.1) is 32.5 Å². The molecular weight excluding hydrogens is 485 g/mol. The lowest BCUT2D eigenvalue weighted by Crippen LogP contribution is -2.31. The lowest BCUT2D eigenvalue weighted by molar-refractivity contribution is 0.0171. The lowest BCUT2D eigenvalue weighted by atomic mass is 10.2. The van der Waals surface area contributed by atoms with Gasteiger partial charge in [-0.15, -0.1) is 30.4 Å². The second-order valence-corrected chi connectivity index (χ2v) is 6.69. The molecule has 0 spiro atoms. The van der Waals surface area contributed by atoms with Crippen LogP contribution in [-0.2, 0) is 9.47 Å². The molecule has 0 amide bonds. The molecule has 2 aliphatic heterocycles. The minimum Gasteiger partial charge on any atom is -0.490 e. The highest BCUT2D eigenvalue weighted by Gasteiger charge is 2.15. The minimum absolute atomic E-state index is 0. The Hall–Kier alpha value is -1.70. The number of hydrogen-bond donors (Lipinski definition) is 2. The number of guanidine groups is 1. The number of anilines is 1. The Morgan fingerprint density at radius 2 is 2.07 bits per heavy atom. The zero-order valence-corrected chi connectivity index (χ0v) is 19.0. The summed E-state index contributed by atoms with van der Waals surface area (Å²) >= 11 is 0. The topological polar surface area (TPSA) is 73.3 Å². The maximum absolute atomic E-state index is 5.74. The van der Waals surface area contributed by atoms with E-state index in [9.17, 15) is 0 Å². The Morgan fingerprint density at radius 3 is 2.86 bits per heavy atom. The van der Waals surface area contributed by atoms with Crippen molar-refractivity contribution in [1.82, 2.24) is 5.32 Å². The van der Waals surface area contributed by atoms with E-state index in [2.05, 4.69) is 21.5 Å². The molecule has 1 unspecified atom stereocenters. The summed E-state index contributed by atoms with van der Waals surface area (Å²) in [5.74, 6) is 4.70. The Balaban J connectivity index is 0.00000300. The fourth-order valence-electron chi connectivity index (χ4n) is 3.00. The van der Waals surface area contributed by atoms with E-state index in [4.69, 9.17) is 25.4 Å². The van der Waals surface area contributed by atoms with Crippen LogP contribution >= 0.6 is 24.0 Å². The van der Waals surface area contributed by atoms with Crippen LogP contribution in [0.1, 0.15) is 25.7 Å². The zero-order chi connectivity index (χ0) is 19.4. The Kier molecular flexibility index (Phi) is 11.0. The Labute approximate surface area is 189 Å². The van der Waals surface area contributed by atoms with E-state index in [-0.39, 0.29) is 30.1 Å². The SMILES string of the molecule is C#CCNC(=NCCCOCC1CCCO1)Nc1ccc2c(c1)OCCCO2.I. The summed E-state index contributed by atoms with van der Waals surface area (Å²) in [5, 5.41) is 6.38. The van der Waals surface area contributed by atoms with Crippen molar-refractivity contribution in [2.24, 2.45) is 4.99 Å². The quantitative estimate of drug-likeness (QED) is 0.182. The number of benzene rings is 1. The highest BCUT2D eigenvalue weighted by molar-refractivity contribution is 14.0. The summed E-state index contributed by atoms with van der Waals surface area (Å²) in [6.07, 6.45) is 9.57. The average Bonchev–Trinajstić information content (AvgIpc) is 3.12. The predicted octanol–water partition coefficient (Wildman–Crippen LogP) is 3.04. The molecule has 160 valence electrons. The van der Waals surface area contributed by atoms with Crippen LogP contribution in [0.15, 0.2) is 23.2 Å². The van der Waals surface area contributed by atoms with Gasteiger partial charge in [-0.1, -0.05) is 5.92 Å². The number of terminal acetylenes is 1. The monoisotopic (exact) mass is 515 g/mol. The molecule has 2 heterocycles. The number of aliphatic imine (C=N–C) groups is 1. The molecule has 1 aromatic rings. The second kappa shape index (κ2) is 13.5. The van der Waals surface area contributed by atoms with E-state index in [1.807, 2.05) is 18.2 Å². The molecule has 1 aromatic carbocycles. The van der Waals surface area contributed by atoms with Gasteiger partial charge in [-0.2, -0.15) is 0 Å². The van der Waals surface area contributed by atoms with Crippen LogP contribution < -0.4 is 20.1 Å². The van der Waals surface area contributed by atoms with Crippen molar-refractivity contribution in [2.45, 2.75) is 31.8 Å². The summed E-state index contributed by atoms with van der Waals surface area (Å²) in [4.78, 5) is 4.57. The van der Waals surface area contributed by atoms with Crippen LogP contribution in [0.5, 0.6) is 11.5 Å². The van der Waals surface area contributed by atoms with Gasteiger partial charge < -0.3 is 29.6 Å². The first-order chi connectivity index (χ1) is 13.8. The molecule has 29 heavy (non-hydrogen) atoms. The predicted molar refractivity (Wildman–Crippen MR) is 125 cm³/mol. The van der Waals surface area contributed by atoms with Crippen molar-refractivity contribution >= 4 is 35.6 Å². The Morgan fingerprint density at radius 1 is 1.21 bits per heavy atom. The maximum Gasteiger partial charge on any atom is 0.196 e. The van der Waals surface area contributed by atoms with Crippen molar-refractivity contribution in [1.29, 1.82) is 0 Å². The van der Waals surface area contributed by atoms with Crippen molar-refractivity contribution in [2.75, 3.05) is 51.4 Å². The van der Waals surface area contributed by atoms with E-state index in [1.54, 1.807) is 0 Å². The molecular formula is C21H30IN3O4. The number of hydrogen-bond acceptors (Lipinski definition) is 5. The zero-order valence-electron chi connectivity index (χ0n) is 16.7. The van der Waals surface area contributed by atoms with E-state index >= 15 is 0 Å². The number of ether oxygens (including phenoxy) is 4. The van der Waals surface area contributed by atoms with Gasteiger partial charge in [-0.3, -0.25) is 4.99 Å². The van der Waals surface area contributed by atoms with Gasteiger partial charge in [-0.05, 0) is 31.4 Å². The third-order valence-corrected chi connectivity index (χ3v) is 4.41. The minimum atomic E-state index is 0. The van der Waals surface area contributed by atoms with Gasteiger partial charge in [-0.25, -0.2) is 0 Å². The van der Waals surface area contributed by atoms with Crippen molar-refractivity contribution in [3.05, 3.63) is 18.2 Å². The van der Waals surface area contributed by atoms with Crippen LogP contribution in [0.4, 0.5) is 5.69 Å². The number of fused-ring (bicyclic) bond motifs is 1. The molecule has 0 saturated carbocycles. The van der Waals surface area contributed by atoms with Gasteiger partial charge in [0.2, 0.25) is 0 Å². The molecule has 2 N–H and O–H groups in total. The fraction of sp³-hybridized carbons (Fsp3) is 0.571. The summed E-state index contributed by atoms with van der Waals surface area (Å²) < 4.78 is 22.6. The summed E-state index contributed by atoms with van der Waals surface area (Å²) in [6, 6.07) is 5.75. The molecule has 0 bridgehead atoms. The van der Waals surface area contributed by atoms with Crippen LogP contribution in [-0.4, -0.2) is 58.2 Å². The van der Waals surface area contributed by atoms with Crippen LogP contribution in [0, 0.1) is 12.3 Å². The number of rotatable bonds is 8. The molecule has 0 radical (unpaired) electrons. The van der Waals surface area contributed by atoms with Crippen LogP contribution in [0.3, 0.4) is 0 Å². The average molecular weight is 515 g/mol. The van der Waals surface area contributed by atoms with Gasteiger partial charge in [0.1, 0.15) is 0 Å². The summed E-state index contributed by atoms with van der Waals surface area (Å²) in [7, 11) is 0. The number of nitrogens with one attached hydrogen (secondary N) is 2. The third kappa shape index (κ3) is 8.28. The van der Waals surface area contributed by atoms with Crippen molar-refractivity contribution < 1.29 is 18.9 Å². The molecule has 1 saturated heterocycles. The van der Waals surface area contributed by atoms with Gasteiger partial charge in [0.15, 0.2) is 17.5 Å². The molecule has 2 aliphatic rings. The third-order valence-electron chi connectivity index (χ3n) is 4.41. The highest BCUT2D eigenvalue weighted by atomic mass is 127. The molecule has 1 fully saturated rings. The first kappa shape index (κ1) is 23.6. The van der Waals surface area contributed by atoms with Crippen LogP contribution in [0.2, 0.25) is 0 Å². The normalized spacial score (nSPS) is 18.3. The second-order valence-electron chi connectivity index (χ2n) is 6.69. The van der Waals surface area contributed by atoms with E-state index in [0.717, 1.165) is 49.5 Å². The number of halogens is 1. The van der Waals surface area contributed by atoms with E-state index in [1.165, 1.54) is 0 Å². The fourth-order valence-corrected chi connectivity index (χ4v) is 3.00. The largest absolute Gasteiger partial charge is 0.490 e. The van der Waals surface area contributed by atoms with Gasteiger partial charge >= 0.3 is 0 Å². The lowest BCUT2D eigenvalue weighted by Gasteiger charge is -2.13. The van der Waals surface area contributed by atoms with Gasteiger partial charge in [0.25, 0.3) is 0 Å². The van der Waals surface area contributed by atoms with Crippen LogP contribution in [0.25, 0.3) is 0 Å². The first-order valence-electron chi connectivity index (χ1n) is 9.93. The summed E-state index contributed by atoms with van der Waals surface area (Å²) in [6.45, 7) is 4.54. The summed E-state index contributed by atoms with van der Waals surface area (Å²) in [5.41, 5.74) is 0.863. The van der Waals surface area contributed by atoms with E-state index < -0.39 is 0 Å². The van der Waals surface area contributed by atoms with Gasteiger partial charge in [0, 0.05) is 37.9 Å². The molecule has 0 aromatic heterocycles. The molecule has 1 atom stereocenters. The first-order valence-corrected chi connectivity index (χ1v) is 9.93. The Bertz CT molecular complexity index is 687. The standard InChI is InChI=1S/C21H29N3O4.HI/c1-2-9-22-21(23-10-4-11-25-16-18-6-3-12-26-18)24-17-7-8-19-20(15-17)28-14-5-13-27-19;/h1,7-8,15,18H,3-6,9-14,16H2,(H2,22,23,24);1H. The molecule has 8 heteroatoms.